The third kappa shape index (κ3) is 2.37. The lowest BCUT2D eigenvalue weighted by molar-refractivity contribution is 0.0653. The predicted octanol–water partition coefficient (Wildman–Crippen LogP) is 2.45. The lowest BCUT2D eigenvalue weighted by Gasteiger charge is -2.33. The SMILES string of the molecule is Cc1ncoc1C(=O)N1CCc2[nH]cnc2C1c1cc2cccc(C)n2n1. The van der Waals surface area contributed by atoms with Crippen molar-refractivity contribution in [1.29, 1.82) is 0 Å². The van der Waals surface area contributed by atoms with Gasteiger partial charge in [-0.15, -0.1) is 0 Å². The summed E-state index contributed by atoms with van der Waals surface area (Å²) in [6.07, 6.45) is 3.68. The molecule has 5 rings (SSSR count). The molecule has 1 unspecified atom stereocenters. The van der Waals surface area contributed by atoms with E-state index in [4.69, 9.17) is 9.52 Å². The fourth-order valence-electron chi connectivity index (χ4n) is 3.74. The first kappa shape index (κ1) is 15.8. The molecule has 0 bridgehead atoms. The lowest BCUT2D eigenvalue weighted by atomic mass is 9.99. The maximum absolute atomic E-state index is 13.2. The minimum Gasteiger partial charge on any atom is -0.438 e. The van der Waals surface area contributed by atoms with Crippen LogP contribution in [-0.4, -0.2) is 41.9 Å². The molecule has 4 aromatic heterocycles. The zero-order chi connectivity index (χ0) is 18.5. The number of aromatic amines is 1. The number of fused-ring (bicyclic) bond motifs is 2. The monoisotopic (exact) mass is 362 g/mol. The molecule has 1 amide bonds. The van der Waals surface area contributed by atoms with E-state index in [1.165, 1.54) is 6.39 Å². The number of nitrogens with zero attached hydrogens (tertiary/aromatic N) is 5. The highest BCUT2D eigenvalue weighted by Crippen LogP contribution is 2.34. The zero-order valence-corrected chi connectivity index (χ0v) is 15.0. The van der Waals surface area contributed by atoms with Crippen LogP contribution in [0, 0.1) is 13.8 Å². The molecule has 1 aliphatic heterocycles. The van der Waals surface area contributed by atoms with E-state index in [0.29, 0.717) is 18.7 Å². The smallest absolute Gasteiger partial charge is 0.292 e. The van der Waals surface area contributed by atoms with Crippen LogP contribution in [0.5, 0.6) is 0 Å². The van der Waals surface area contributed by atoms with Gasteiger partial charge in [0.1, 0.15) is 6.04 Å². The molecule has 5 heterocycles. The van der Waals surface area contributed by atoms with Gasteiger partial charge < -0.3 is 14.3 Å². The standard InChI is InChI=1S/C19H18N6O2/c1-11-4-3-5-13-8-15(23-25(11)13)17-16-14(20-9-21-16)6-7-24(17)19(26)18-12(2)22-10-27-18/h3-5,8-10,17H,6-7H2,1-2H3,(H,20,21). The van der Waals surface area contributed by atoms with Crippen LogP contribution >= 0.6 is 0 Å². The van der Waals surface area contributed by atoms with Gasteiger partial charge >= 0.3 is 0 Å². The van der Waals surface area contributed by atoms with Crippen molar-refractivity contribution in [2.45, 2.75) is 26.3 Å². The van der Waals surface area contributed by atoms with Crippen LogP contribution in [0.25, 0.3) is 5.52 Å². The van der Waals surface area contributed by atoms with E-state index in [2.05, 4.69) is 15.0 Å². The van der Waals surface area contributed by atoms with Crippen LogP contribution in [0.2, 0.25) is 0 Å². The van der Waals surface area contributed by atoms with E-state index < -0.39 is 0 Å². The van der Waals surface area contributed by atoms with E-state index >= 15 is 0 Å². The van der Waals surface area contributed by atoms with Crippen molar-refractivity contribution in [2.24, 2.45) is 0 Å². The Morgan fingerprint density at radius 2 is 2.19 bits per heavy atom. The summed E-state index contributed by atoms with van der Waals surface area (Å²) in [6.45, 7) is 4.32. The van der Waals surface area contributed by atoms with Crippen molar-refractivity contribution in [1.82, 2.24) is 29.5 Å². The maximum Gasteiger partial charge on any atom is 0.292 e. The first-order chi connectivity index (χ1) is 13.1. The Hall–Kier alpha value is -3.42. The second-order valence-electron chi connectivity index (χ2n) is 6.76. The van der Waals surface area contributed by atoms with Crippen molar-refractivity contribution in [3.05, 3.63) is 71.2 Å². The maximum atomic E-state index is 13.2. The molecule has 0 saturated heterocycles. The first-order valence-electron chi connectivity index (χ1n) is 8.82. The molecule has 27 heavy (non-hydrogen) atoms. The van der Waals surface area contributed by atoms with Gasteiger partial charge in [-0.25, -0.2) is 14.5 Å². The van der Waals surface area contributed by atoms with Crippen LogP contribution in [0.4, 0.5) is 0 Å². The topological polar surface area (TPSA) is 92.3 Å². The van der Waals surface area contributed by atoms with Gasteiger partial charge in [-0.05, 0) is 32.0 Å². The second-order valence-corrected chi connectivity index (χ2v) is 6.76. The van der Waals surface area contributed by atoms with Gasteiger partial charge in [-0.2, -0.15) is 5.10 Å². The van der Waals surface area contributed by atoms with E-state index in [1.54, 1.807) is 18.2 Å². The van der Waals surface area contributed by atoms with Crippen molar-refractivity contribution < 1.29 is 9.21 Å². The normalized spacial score (nSPS) is 16.7. The number of H-pyrrole nitrogens is 1. The summed E-state index contributed by atoms with van der Waals surface area (Å²) >= 11 is 0. The number of nitrogens with one attached hydrogen (secondary N) is 1. The third-order valence-electron chi connectivity index (χ3n) is 5.10. The molecule has 0 radical (unpaired) electrons. The van der Waals surface area contributed by atoms with Gasteiger partial charge in [0.25, 0.3) is 5.91 Å². The van der Waals surface area contributed by atoms with Gasteiger partial charge in [-0.3, -0.25) is 4.79 Å². The largest absolute Gasteiger partial charge is 0.438 e. The van der Waals surface area contributed by atoms with Crippen molar-refractivity contribution in [3.63, 3.8) is 0 Å². The molecule has 4 aromatic rings. The molecular formula is C19H18N6O2. The van der Waals surface area contributed by atoms with Crippen LogP contribution in [-0.2, 0) is 6.42 Å². The molecule has 0 aliphatic carbocycles. The van der Waals surface area contributed by atoms with Crippen molar-refractivity contribution in [3.8, 4) is 0 Å². The fraction of sp³-hybridized carbons (Fsp3) is 0.263. The van der Waals surface area contributed by atoms with E-state index in [0.717, 1.165) is 28.3 Å². The predicted molar refractivity (Wildman–Crippen MR) is 96.3 cm³/mol. The van der Waals surface area contributed by atoms with Gasteiger partial charge in [0.05, 0.1) is 28.9 Å². The average Bonchev–Trinajstić information content (AvgIpc) is 3.39. The van der Waals surface area contributed by atoms with Gasteiger partial charge in [0.15, 0.2) is 6.39 Å². The number of rotatable bonds is 2. The fourth-order valence-corrected chi connectivity index (χ4v) is 3.74. The average molecular weight is 362 g/mol. The molecule has 1 aliphatic rings. The Balaban J connectivity index is 1.66. The van der Waals surface area contributed by atoms with Crippen LogP contribution in [0.15, 0.2) is 41.4 Å². The molecular weight excluding hydrogens is 344 g/mol. The van der Waals surface area contributed by atoms with Crippen molar-refractivity contribution in [2.75, 3.05) is 6.54 Å². The molecule has 8 heteroatoms. The number of pyridine rings is 1. The number of hydrogen-bond donors (Lipinski definition) is 1. The number of oxazole rings is 1. The van der Waals surface area contributed by atoms with Crippen molar-refractivity contribution >= 4 is 11.4 Å². The number of amides is 1. The Morgan fingerprint density at radius 1 is 1.30 bits per heavy atom. The quantitative estimate of drug-likeness (QED) is 0.591. The highest BCUT2D eigenvalue weighted by Gasteiger charge is 2.37. The number of aryl methyl sites for hydroxylation is 2. The Morgan fingerprint density at radius 3 is 2.96 bits per heavy atom. The minimum atomic E-state index is -0.378. The molecule has 136 valence electrons. The number of aromatic nitrogens is 5. The molecule has 8 nitrogen and oxygen atoms in total. The van der Waals surface area contributed by atoms with E-state index in [1.807, 2.05) is 35.7 Å². The van der Waals surface area contributed by atoms with Crippen LogP contribution in [0.1, 0.15) is 45.1 Å². The summed E-state index contributed by atoms with van der Waals surface area (Å²) in [7, 11) is 0. The summed E-state index contributed by atoms with van der Waals surface area (Å²) in [5, 5.41) is 4.77. The highest BCUT2D eigenvalue weighted by atomic mass is 16.3. The van der Waals surface area contributed by atoms with Gasteiger partial charge in [0, 0.05) is 24.4 Å². The van der Waals surface area contributed by atoms with Crippen LogP contribution < -0.4 is 0 Å². The van der Waals surface area contributed by atoms with E-state index in [9.17, 15) is 4.79 Å². The molecule has 1 N–H and O–H groups in total. The summed E-state index contributed by atoms with van der Waals surface area (Å²) in [5.41, 5.74) is 5.23. The van der Waals surface area contributed by atoms with Crippen LogP contribution in [0.3, 0.4) is 0 Å². The summed E-state index contributed by atoms with van der Waals surface area (Å²) < 4.78 is 7.24. The first-order valence-corrected chi connectivity index (χ1v) is 8.82. The Labute approximate surface area is 154 Å². The number of carbonyl (C=O) groups is 1. The number of carbonyl (C=O) groups excluding carboxylic acids is 1. The molecule has 0 aromatic carbocycles. The third-order valence-corrected chi connectivity index (χ3v) is 5.10. The second kappa shape index (κ2) is 5.80. The molecule has 0 fully saturated rings. The Kier molecular flexibility index (Phi) is 3.40. The zero-order valence-electron chi connectivity index (χ0n) is 15.0. The minimum absolute atomic E-state index is 0.197. The summed E-state index contributed by atoms with van der Waals surface area (Å²) in [5.74, 6) is 0.0661. The molecule has 1 atom stereocenters. The number of imidazole rings is 1. The highest BCUT2D eigenvalue weighted by molar-refractivity contribution is 5.93. The summed E-state index contributed by atoms with van der Waals surface area (Å²) in [4.78, 5) is 26.7. The Bertz CT molecular complexity index is 1150. The lowest BCUT2D eigenvalue weighted by Crippen LogP contribution is -2.41. The molecule has 0 spiro atoms. The van der Waals surface area contributed by atoms with Gasteiger partial charge in [-0.1, -0.05) is 6.07 Å². The summed E-state index contributed by atoms with van der Waals surface area (Å²) in [6, 6.07) is 7.64. The van der Waals surface area contributed by atoms with Gasteiger partial charge in [0.2, 0.25) is 5.76 Å². The number of hydrogen-bond acceptors (Lipinski definition) is 5. The molecule has 0 saturated carbocycles. The van der Waals surface area contributed by atoms with E-state index in [-0.39, 0.29) is 17.7 Å².